The van der Waals surface area contributed by atoms with E-state index in [1.807, 2.05) is 50.3 Å². The van der Waals surface area contributed by atoms with Crippen LogP contribution in [0.2, 0.25) is 5.02 Å². The van der Waals surface area contributed by atoms with Crippen LogP contribution in [0, 0.1) is 13.8 Å². The molecule has 0 spiro atoms. The van der Waals surface area contributed by atoms with Crippen LogP contribution in [0.5, 0.6) is 0 Å². The average Bonchev–Trinajstić information content (AvgIpc) is 2.77. The number of thiocarbonyl (C=S) groups is 1. The molecule has 0 saturated carbocycles. The third kappa shape index (κ3) is 3.20. The normalized spacial score (nSPS) is 16.5. The Morgan fingerprint density at radius 3 is 2.30 bits per heavy atom. The standard InChI is InChI=1S/C18H14ClNOS2/c1-11-4-3-5-12(2)16(11)20-17(21)15(23-18(20)22)10-13-6-8-14(19)9-7-13/h3-10H,1-2H3/b15-10-. The molecule has 0 radical (unpaired) electrons. The van der Waals surface area contributed by atoms with E-state index < -0.39 is 0 Å². The summed E-state index contributed by atoms with van der Waals surface area (Å²) in [5.41, 5.74) is 3.88. The van der Waals surface area contributed by atoms with Gasteiger partial charge in [0, 0.05) is 5.02 Å². The molecule has 1 fully saturated rings. The predicted octanol–water partition coefficient (Wildman–Crippen LogP) is 5.36. The van der Waals surface area contributed by atoms with E-state index in [0.717, 1.165) is 22.4 Å². The van der Waals surface area contributed by atoms with Gasteiger partial charge in [-0.15, -0.1) is 0 Å². The van der Waals surface area contributed by atoms with Crippen molar-refractivity contribution in [3.63, 3.8) is 0 Å². The highest BCUT2D eigenvalue weighted by Gasteiger charge is 2.34. The topological polar surface area (TPSA) is 20.3 Å². The molecule has 2 aromatic rings. The van der Waals surface area contributed by atoms with Gasteiger partial charge < -0.3 is 0 Å². The van der Waals surface area contributed by atoms with Gasteiger partial charge in [-0.3, -0.25) is 9.69 Å². The van der Waals surface area contributed by atoms with Gasteiger partial charge in [0.15, 0.2) is 4.32 Å². The Hall–Kier alpha value is -1.62. The zero-order valence-electron chi connectivity index (χ0n) is 12.7. The highest BCUT2D eigenvalue weighted by molar-refractivity contribution is 8.27. The Labute approximate surface area is 150 Å². The Bertz CT molecular complexity index is 807. The van der Waals surface area contributed by atoms with Crippen LogP contribution in [-0.4, -0.2) is 10.2 Å². The largest absolute Gasteiger partial charge is 0.270 e. The molecule has 0 unspecified atom stereocenters. The van der Waals surface area contributed by atoms with Crippen molar-refractivity contribution < 1.29 is 4.79 Å². The summed E-state index contributed by atoms with van der Waals surface area (Å²) in [6, 6.07) is 13.3. The average molecular weight is 360 g/mol. The number of rotatable bonds is 2. The molecule has 23 heavy (non-hydrogen) atoms. The molecule has 1 aliphatic rings. The quantitative estimate of drug-likeness (QED) is 0.531. The number of halogens is 1. The summed E-state index contributed by atoms with van der Waals surface area (Å²) in [6.45, 7) is 3.98. The Morgan fingerprint density at radius 2 is 1.70 bits per heavy atom. The van der Waals surface area contributed by atoms with Crippen LogP contribution in [0.1, 0.15) is 16.7 Å². The van der Waals surface area contributed by atoms with Crippen LogP contribution in [0.4, 0.5) is 5.69 Å². The third-order valence-corrected chi connectivity index (χ3v) is 5.18. The molecular formula is C18H14ClNOS2. The minimum Gasteiger partial charge on any atom is -0.268 e. The molecule has 1 saturated heterocycles. The minimum atomic E-state index is -0.0765. The summed E-state index contributed by atoms with van der Waals surface area (Å²) in [5.74, 6) is -0.0765. The van der Waals surface area contributed by atoms with E-state index in [2.05, 4.69) is 0 Å². The fourth-order valence-corrected chi connectivity index (χ4v) is 3.93. The van der Waals surface area contributed by atoms with E-state index in [4.69, 9.17) is 23.8 Å². The van der Waals surface area contributed by atoms with Gasteiger partial charge in [0.2, 0.25) is 0 Å². The first-order chi connectivity index (χ1) is 11.0. The Morgan fingerprint density at radius 1 is 1.09 bits per heavy atom. The van der Waals surface area contributed by atoms with E-state index in [-0.39, 0.29) is 5.91 Å². The highest BCUT2D eigenvalue weighted by Crippen LogP contribution is 2.38. The molecule has 116 valence electrons. The maximum Gasteiger partial charge on any atom is 0.270 e. The van der Waals surface area contributed by atoms with Crippen molar-refractivity contribution in [1.29, 1.82) is 0 Å². The van der Waals surface area contributed by atoms with Gasteiger partial charge in [0.05, 0.1) is 10.6 Å². The lowest BCUT2D eigenvalue weighted by Gasteiger charge is -2.19. The van der Waals surface area contributed by atoms with E-state index >= 15 is 0 Å². The molecule has 2 aromatic carbocycles. The lowest BCUT2D eigenvalue weighted by molar-refractivity contribution is -0.113. The van der Waals surface area contributed by atoms with Crippen LogP contribution in [0.15, 0.2) is 47.4 Å². The van der Waals surface area contributed by atoms with E-state index in [0.29, 0.717) is 14.2 Å². The van der Waals surface area contributed by atoms with Crippen LogP contribution >= 0.6 is 35.6 Å². The zero-order chi connectivity index (χ0) is 16.6. The fraction of sp³-hybridized carbons (Fsp3) is 0.111. The SMILES string of the molecule is Cc1cccc(C)c1N1C(=O)/C(=C/c2ccc(Cl)cc2)SC1=S. The number of para-hydroxylation sites is 1. The second-order valence-electron chi connectivity index (χ2n) is 5.31. The molecule has 0 aromatic heterocycles. The van der Waals surface area contributed by atoms with Crippen molar-refractivity contribution in [2.45, 2.75) is 13.8 Å². The number of amides is 1. The van der Waals surface area contributed by atoms with Gasteiger partial charge in [-0.1, -0.05) is 65.9 Å². The number of hydrogen-bond acceptors (Lipinski definition) is 3. The van der Waals surface area contributed by atoms with Gasteiger partial charge in [-0.2, -0.15) is 0 Å². The molecule has 1 aliphatic heterocycles. The van der Waals surface area contributed by atoms with Gasteiger partial charge in [-0.05, 0) is 48.7 Å². The van der Waals surface area contributed by atoms with Crippen molar-refractivity contribution in [3.05, 3.63) is 69.1 Å². The fourth-order valence-electron chi connectivity index (χ4n) is 2.53. The van der Waals surface area contributed by atoms with E-state index in [1.165, 1.54) is 11.8 Å². The Kier molecular flexibility index (Phi) is 4.57. The number of hydrogen-bond donors (Lipinski definition) is 0. The van der Waals surface area contributed by atoms with Crippen LogP contribution in [0.25, 0.3) is 6.08 Å². The van der Waals surface area contributed by atoms with Gasteiger partial charge in [0.25, 0.3) is 5.91 Å². The molecule has 2 nitrogen and oxygen atoms in total. The number of carbonyl (C=O) groups excluding carboxylic acids is 1. The van der Waals surface area contributed by atoms with Gasteiger partial charge in [0.1, 0.15) is 0 Å². The second kappa shape index (κ2) is 6.48. The number of benzene rings is 2. The highest BCUT2D eigenvalue weighted by atomic mass is 35.5. The third-order valence-electron chi connectivity index (χ3n) is 3.62. The van der Waals surface area contributed by atoms with Gasteiger partial charge in [-0.25, -0.2) is 0 Å². The lowest BCUT2D eigenvalue weighted by Crippen LogP contribution is -2.29. The van der Waals surface area contributed by atoms with Crippen LogP contribution in [0.3, 0.4) is 0 Å². The van der Waals surface area contributed by atoms with E-state index in [1.54, 1.807) is 17.0 Å². The number of aryl methyl sites for hydroxylation is 2. The van der Waals surface area contributed by atoms with Crippen molar-refractivity contribution in [2.75, 3.05) is 4.90 Å². The van der Waals surface area contributed by atoms with Crippen molar-refractivity contribution in [3.8, 4) is 0 Å². The van der Waals surface area contributed by atoms with Crippen LogP contribution in [-0.2, 0) is 4.79 Å². The Balaban J connectivity index is 1.99. The van der Waals surface area contributed by atoms with Gasteiger partial charge >= 0.3 is 0 Å². The molecular weight excluding hydrogens is 346 g/mol. The molecule has 1 heterocycles. The molecule has 0 bridgehead atoms. The first kappa shape index (κ1) is 16.2. The molecule has 0 N–H and O–H groups in total. The monoisotopic (exact) mass is 359 g/mol. The summed E-state index contributed by atoms with van der Waals surface area (Å²) >= 11 is 12.7. The number of thioether (sulfide) groups is 1. The smallest absolute Gasteiger partial charge is 0.268 e. The van der Waals surface area contributed by atoms with Crippen molar-refractivity contribution >= 4 is 57.6 Å². The molecule has 0 aliphatic carbocycles. The molecule has 0 atom stereocenters. The summed E-state index contributed by atoms with van der Waals surface area (Å²) in [7, 11) is 0. The first-order valence-corrected chi connectivity index (χ1v) is 8.67. The lowest BCUT2D eigenvalue weighted by atomic mass is 10.1. The molecule has 5 heteroatoms. The summed E-state index contributed by atoms with van der Waals surface area (Å²) in [6.07, 6.45) is 1.85. The maximum absolute atomic E-state index is 12.8. The van der Waals surface area contributed by atoms with Crippen LogP contribution < -0.4 is 4.90 Å². The number of carbonyl (C=O) groups is 1. The van der Waals surface area contributed by atoms with E-state index in [9.17, 15) is 4.79 Å². The number of nitrogens with zero attached hydrogens (tertiary/aromatic N) is 1. The predicted molar refractivity (Wildman–Crippen MR) is 103 cm³/mol. The molecule has 3 rings (SSSR count). The second-order valence-corrected chi connectivity index (χ2v) is 7.42. The maximum atomic E-state index is 12.8. The summed E-state index contributed by atoms with van der Waals surface area (Å²) < 4.78 is 0.563. The molecule has 1 amide bonds. The first-order valence-electron chi connectivity index (χ1n) is 7.07. The minimum absolute atomic E-state index is 0.0765. The zero-order valence-corrected chi connectivity index (χ0v) is 15.1. The number of anilines is 1. The van der Waals surface area contributed by atoms with Crippen molar-refractivity contribution in [2.24, 2.45) is 0 Å². The summed E-state index contributed by atoms with van der Waals surface area (Å²) in [5, 5.41) is 0.672. The van der Waals surface area contributed by atoms with Crippen molar-refractivity contribution in [1.82, 2.24) is 0 Å². The summed E-state index contributed by atoms with van der Waals surface area (Å²) in [4.78, 5) is 15.1.